The van der Waals surface area contributed by atoms with Crippen LogP contribution in [-0.4, -0.2) is 54.3 Å². The molecule has 0 fully saturated rings. The van der Waals surface area contributed by atoms with Gasteiger partial charge in [-0.05, 0) is 19.6 Å². The monoisotopic (exact) mass is 642 g/mol. The number of nitrogens with one attached hydrogen (secondary N) is 4. The number of carbonyl (C=O) groups is 3. The van der Waals surface area contributed by atoms with Crippen molar-refractivity contribution in [3.63, 3.8) is 0 Å². The number of hydrazone groups is 2. The molecule has 0 aliphatic heterocycles. The molecule has 0 saturated heterocycles. The van der Waals surface area contributed by atoms with Crippen LogP contribution < -0.4 is 21.5 Å². The number of aliphatic hydroxyl groups is 1. The summed E-state index contributed by atoms with van der Waals surface area (Å²) in [6, 6.07) is -1.08. The Labute approximate surface area is 261 Å². The van der Waals surface area contributed by atoms with Gasteiger partial charge in [0.25, 0.3) is 11.8 Å². The average molecular weight is 642 g/mol. The van der Waals surface area contributed by atoms with Crippen LogP contribution in [0.15, 0.2) is 68.3 Å². The van der Waals surface area contributed by atoms with E-state index in [-0.39, 0.29) is 82.7 Å². The van der Waals surface area contributed by atoms with Crippen molar-refractivity contribution in [2.45, 2.75) is 33.7 Å². The predicted octanol–water partition coefficient (Wildman–Crippen LogP) is 1.05. The van der Waals surface area contributed by atoms with Crippen LogP contribution in [0.3, 0.4) is 0 Å². The number of Topliss-reactive ketones (excluding diaryl/α,β-unsaturated/α-hetero) is 1. The Bertz CT molecular complexity index is 1140. The first-order valence-corrected chi connectivity index (χ1v) is 10.4. The number of allylic oxidation sites excluding steroid dienone is 11. The number of hydrogen-bond acceptors (Lipinski definition) is 8. The van der Waals surface area contributed by atoms with Gasteiger partial charge in [0.05, 0.1) is 0 Å². The predicted molar refractivity (Wildman–Crippen MR) is 129 cm³/mol. The molecule has 5 N–H and O–H groups in total. The molecular formula is C24H28N6O4Y2-2. The quantitative estimate of drug-likeness (QED) is 0.0924. The Balaban J connectivity index is 0.00000612. The summed E-state index contributed by atoms with van der Waals surface area (Å²) in [5, 5.41) is 22.8. The SMILES string of the molecule is CNC(=O)C(NN=C1C=[C-]C(=C2C=[C-]C(=NNC(C(C)=O)C(=O)NC)C=C2C)C=C1C)=C(C)O.[Y].[Y]. The minimum Gasteiger partial charge on any atom is -0.510 e. The molecule has 0 bridgehead atoms. The summed E-state index contributed by atoms with van der Waals surface area (Å²) in [6.07, 6.45) is 13.3. The number of hydrogen-bond donors (Lipinski definition) is 5. The van der Waals surface area contributed by atoms with Crippen molar-refractivity contribution in [3.8, 4) is 0 Å². The number of carbonyl (C=O) groups excluding carboxylic acids is 3. The van der Waals surface area contributed by atoms with Crippen LogP contribution >= 0.6 is 0 Å². The third-order valence-electron chi connectivity index (χ3n) is 4.90. The van der Waals surface area contributed by atoms with E-state index in [1.807, 2.05) is 19.9 Å². The summed E-state index contributed by atoms with van der Waals surface area (Å²) < 4.78 is 0. The van der Waals surface area contributed by atoms with Crippen molar-refractivity contribution < 1.29 is 84.9 Å². The van der Waals surface area contributed by atoms with Crippen LogP contribution in [-0.2, 0) is 79.8 Å². The van der Waals surface area contributed by atoms with E-state index in [2.05, 4.69) is 43.8 Å². The molecule has 2 aliphatic rings. The fraction of sp³-hybridized carbons (Fsp3) is 0.292. The molecule has 2 rings (SSSR count). The van der Waals surface area contributed by atoms with E-state index in [0.29, 0.717) is 11.4 Å². The van der Waals surface area contributed by atoms with Crippen molar-refractivity contribution in [1.29, 1.82) is 0 Å². The summed E-state index contributed by atoms with van der Waals surface area (Å²) in [4.78, 5) is 35.3. The number of likely N-dealkylation sites (N-methyl/N-ethyl adjacent to an activating group) is 2. The fourth-order valence-corrected chi connectivity index (χ4v) is 2.96. The second-order valence-electron chi connectivity index (χ2n) is 7.49. The summed E-state index contributed by atoms with van der Waals surface area (Å²) in [5.74, 6) is -1.49. The maximum Gasteiger partial charge on any atom is 0.272 e. The first-order valence-electron chi connectivity index (χ1n) is 10.4. The van der Waals surface area contributed by atoms with Crippen LogP contribution in [0.25, 0.3) is 0 Å². The zero-order valence-corrected chi connectivity index (χ0v) is 26.8. The standard InChI is InChI=1S/C24H28N6O4.2Y/c1-13-12-18(27-29-21(15(3)31)23(33)25-5)8-9-19(13)17-7-10-20(14(2)11-17)28-30-22(16(4)32)24(34)26-6;;/h9-12,21,29-30,32H,1-6H3,(H,25,33)(H,26,34);;/q-2;;. The van der Waals surface area contributed by atoms with Crippen molar-refractivity contribution in [2.75, 3.05) is 14.1 Å². The Hall–Kier alpha value is -2.00. The normalized spacial score (nSPS) is 20.2. The van der Waals surface area contributed by atoms with Crippen molar-refractivity contribution in [3.05, 3.63) is 70.2 Å². The maximum atomic E-state index is 11.8. The Morgan fingerprint density at radius 2 is 1.61 bits per heavy atom. The number of nitrogens with zero attached hydrogens (tertiary/aromatic N) is 2. The van der Waals surface area contributed by atoms with Gasteiger partial charge in [0, 0.05) is 85.2 Å². The Morgan fingerprint density at radius 1 is 0.944 bits per heavy atom. The average Bonchev–Trinajstić information content (AvgIpc) is 2.79. The fourth-order valence-electron chi connectivity index (χ4n) is 2.96. The van der Waals surface area contributed by atoms with Gasteiger partial charge in [-0.15, -0.1) is 35.5 Å². The molecule has 2 aliphatic carbocycles. The van der Waals surface area contributed by atoms with Gasteiger partial charge in [-0.3, -0.25) is 25.2 Å². The van der Waals surface area contributed by atoms with Crippen LogP contribution in [0.2, 0.25) is 0 Å². The molecule has 1 atom stereocenters. The van der Waals surface area contributed by atoms with Gasteiger partial charge in [0.15, 0.2) is 17.5 Å². The first-order chi connectivity index (χ1) is 16.1. The molecule has 10 nitrogen and oxygen atoms in total. The Morgan fingerprint density at radius 3 is 2.11 bits per heavy atom. The number of rotatable bonds is 7. The third kappa shape index (κ3) is 9.14. The van der Waals surface area contributed by atoms with Gasteiger partial charge in [0.2, 0.25) is 0 Å². The van der Waals surface area contributed by atoms with Crippen molar-refractivity contribution >= 4 is 29.0 Å². The van der Waals surface area contributed by atoms with E-state index in [1.165, 1.54) is 27.9 Å². The first kappa shape index (κ1) is 34.0. The zero-order chi connectivity index (χ0) is 25.4. The number of amides is 2. The third-order valence-corrected chi connectivity index (χ3v) is 4.90. The number of ketones is 1. The van der Waals surface area contributed by atoms with Gasteiger partial charge >= 0.3 is 0 Å². The van der Waals surface area contributed by atoms with Crippen molar-refractivity contribution in [2.24, 2.45) is 10.2 Å². The van der Waals surface area contributed by atoms with Crippen LogP contribution in [0.4, 0.5) is 0 Å². The van der Waals surface area contributed by atoms with Crippen molar-refractivity contribution in [1.82, 2.24) is 21.5 Å². The van der Waals surface area contributed by atoms with E-state index in [4.69, 9.17) is 0 Å². The van der Waals surface area contributed by atoms with Crippen LogP contribution in [0, 0.1) is 12.2 Å². The smallest absolute Gasteiger partial charge is 0.272 e. The van der Waals surface area contributed by atoms with Gasteiger partial charge in [-0.25, -0.2) is 10.2 Å². The van der Waals surface area contributed by atoms with E-state index in [0.717, 1.165) is 22.3 Å². The minimum absolute atomic E-state index is 0. The molecular weight excluding hydrogens is 614 g/mol. The minimum atomic E-state index is -1.08. The van der Waals surface area contributed by atoms with Gasteiger partial charge < -0.3 is 15.7 Å². The van der Waals surface area contributed by atoms with E-state index >= 15 is 0 Å². The molecule has 1 unspecified atom stereocenters. The molecule has 0 aromatic rings. The summed E-state index contributed by atoms with van der Waals surface area (Å²) in [6.45, 7) is 6.46. The summed E-state index contributed by atoms with van der Waals surface area (Å²) >= 11 is 0. The Kier molecular flexibility index (Phi) is 15.1. The van der Waals surface area contributed by atoms with Gasteiger partial charge in [-0.1, -0.05) is 13.8 Å². The molecule has 2 radical (unpaired) electrons. The molecule has 0 saturated carbocycles. The van der Waals surface area contributed by atoms with Gasteiger partial charge in [0.1, 0.15) is 5.76 Å². The molecule has 0 spiro atoms. The topological polar surface area (TPSA) is 144 Å². The molecule has 2 amide bonds. The zero-order valence-electron chi connectivity index (χ0n) is 21.1. The van der Waals surface area contributed by atoms with Crippen LogP contribution in [0.5, 0.6) is 0 Å². The van der Waals surface area contributed by atoms with Crippen LogP contribution in [0.1, 0.15) is 27.7 Å². The molecule has 36 heavy (non-hydrogen) atoms. The number of aliphatic hydroxyl groups excluding tert-OH is 1. The maximum absolute atomic E-state index is 11.8. The largest absolute Gasteiger partial charge is 0.510 e. The molecule has 12 heteroatoms. The second-order valence-corrected chi connectivity index (χ2v) is 7.49. The van der Waals surface area contributed by atoms with E-state index in [9.17, 15) is 19.5 Å². The summed E-state index contributed by atoms with van der Waals surface area (Å²) in [5.41, 5.74) is 9.50. The summed E-state index contributed by atoms with van der Waals surface area (Å²) in [7, 11) is 2.90. The van der Waals surface area contributed by atoms with Gasteiger partial charge in [-0.2, -0.15) is 23.3 Å². The molecule has 0 aromatic heterocycles. The second kappa shape index (κ2) is 16.0. The van der Waals surface area contributed by atoms with E-state index < -0.39 is 17.9 Å². The molecule has 0 aromatic carbocycles. The molecule has 186 valence electrons. The van der Waals surface area contributed by atoms with E-state index in [1.54, 1.807) is 18.2 Å². The molecule has 0 heterocycles.